The number of hydrogen-bond acceptors (Lipinski definition) is 3. The van der Waals surface area contributed by atoms with Crippen molar-refractivity contribution in [1.82, 2.24) is 14.9 Å². The maximum atomic E-state index is 13.0. The summed E-state index contributed by atoms with van der Waals surface area (Å²) in [6, 6.07) is 8.47. The van der Waals surface area contributed by atoms with Gasteiger partial charge in [0, 0.05) is 6.54 Å². The molecule has 1 aliphatic rings. The van der Waals surface area contributed by atoms with Crippen LogP contribution < -0.4 is 0 Å². The third-order valence-corrected chi connectivity index (χ3v) is 6.26. The molecule has 1 aromatic heterocycles. The number of aryl methyl sites for hydroxylation is 1. The van der Waals surface area contributed by atoms with Gasteiger partial charge >= 0.3 is 0 Å². The Labute approximate surface area is 154 Å². The Balaban J connectivity index is 1.86. The molecule has 134 valence electrons. The molecule has 1 fully saturated rings. The van der Waals surface area contributed by atoms with Crippen LogP contribution in [0.5, 0.6) is 0 Å². The molecule has 0 saturated carbocycles. The molecule has 0 aliphatic carbocycles. The number of hydrogen-bond donors (Lipinski definition) is 1. The number of amides is 1. The van der Waals surface area contributed by atoms with E-state index in [1.54, 1.807) is 11.8 Å². The fraction of sp³-hybridized carbons (Fsp3) is 0.500. The van der Waals surface area contributed by atoms with Gasteiger partial charge in [0.25, 0.3) is 0 Å². The zero-order valence-corrected chi connectivity index (χ0v) is 16.3. The maximum absolute atomic E-state index is 13.0. The van der Waals surface area contributed by atoms with E-state index in [-0.39, 0.29) is 11.9 Å². The first kappa shape index (κ1) is 18.1. The fourth-order valence-corrected chi connectivity index (χ4v) is 3.57. The molecule has 1 N–H and O–H groups in total. The molecule has 4 nitrogen and oxygen atoms in total. The van der Waals surface area contributed by atoms with Crippen LogP contribution in [0, 0.1) is 6.92 Å². The van der Waals surface area contributed by atoms with Crippen LogP contribution in [0.15, 0.2) is 30.5 Å². The highest BCUT2D eigenvalue weighted by Crippen LogP contribution is 2.35. The standard InChI is InChI=1S/C20H27N3OS/c1-14-8-10-15(11-9-14)16-13-21-18(22-16)17-7-5-6-12-23(17)19(24)20(2,3)25-4/h8-11,13,17H,5-7,12H2,1-4H3,(H,21,22). The monoisotopic (exact) mass is 357 g/mol. The topological polar surface area (TPSA) is 49.0 Å². The number of thioether (sulfide) groups is 1. The second-order valence-corrected chi connectivity index (χ2v) is 8.70. The lowest BCUT2D eigenvalue weighted by Crippen LogP contribution is -2.47. The number of benzene rings is 1. The van der Waals surface area contributed by atoms with Crippen molar-refractivity contribution in [2.24, 2.45) is 0 Å². The van der Waals surface area contributed by atoms with Gasteiger partial charge in [-0.25, -0.2) is 4.98 Å². The normalized spacial score (nSPS) is 18.4. The average Bonchev–Trinajstić information content (AvgIpc) is 3.11. The number of imidazole rings is 1. The number of carbonyl (C=O) groups excluding carboxylic acids is 1. The Morgan fingerprint density at radius 2 is 2.00 bits per heavy atom. The summed E-state index contributed by atoms with van der Waals surface area (Å²) in [4.78, 5) is 23.1. The number of rotatable bonds is 4. The highest BCUT2D eigenvalue weighted by molar-refractivity contribution is 8.00. The number of H-pyrrole nitrogens is 1. The summed E-state index contributed by atoms with van der Waals surface area (Å²) >= 11 is 1.61. The Morgan fingerprint density at radius 1 is 1.28 bits per heavy atom. The van der Waals surface area contributed by atoms with E-state index in [1.165, 1.54) is 5.56 Å². The zero-order chi connectivity index (χ0) is 18.0. The van der Waals surface area contributed by atoms with Crippen LogP contribution in [-0.2, 0) is 4.79 Å². The number of aromatic amines is 1. The summed E-state index contributed by atoms with van der Waals surface area (Å²) in [7, 11) is 0. The van der Waals surface area contributed by atoms with Crippen molar-refractivity contribution in [2.75, 3.05) is 12.8 Å². The molecule has 1 aliphatic heterocycles. The van der Waals surface area contributed by atoms with E-state index in [1.807, 2.05) is 31.2 Å². The van der Waals surface area contributed by atoms with Crippen molar-refractivity contribution < 1.29 is 4.79 Å². The predicted molar refractivity (Wildman–Crippen MR) is 105 cm³/mol. The largest absolute Gasteiger partial charge is 0.340 e. The molecule has 0 bridgehead atoms. The van der Waals surface area contributed by atoms with E-state index >= 15 is 0 Å². The molecule has 25 heavy (non-hydrogen) atoms. The van der Waals surface area contributed by atoms with Crippen LogP contribution in [0.3, 0.4) is 0 Å². The van der Waals surface area contributed by atoms with E-state index in [9.17, 15) is 4.79 Å². The second kappa shape index (κ2) is 7.24. The SMILES string of the molecule is CSC(C)(C)C(=O)N1CCCCC1c1ncc(-c2ccc(C)cc2)[nH]1. The van der Waals surface area contributed by atoms with Crippen LogP contribution in [0.1, 0.15) is 50.5 Å². The van der Waals surface area contributed by atoms with Crippen molar-refractivity contribution in [2.45, 2.75) is 50.8 Å². The molecule has 1 aromatic carbocycles. The average molecular weight is 358 g/mol. The summed E-state index contributed by atoms with van der Waals surface area (Å²) in [5.74, 6) is 1.11. The number of nitrogens with one attached hydrogen (secondary N) is 1. The van der Waals surface area contributed by atoms with Gasteiger partial charge in [-0.1, -0.05) is 29.8 Å². The summed E-state index contributed by atoms with van der Waals surface area (Å²) in [5.41, 5.74) is 3.38. The summed E-state index contributed by atoms with van der Waals surface area (Å²) in [6.45, 7) is 6.91. The summed E-state index contributed by atoms with van der Waals surface area (Å²) in [5, 5.41) is 0. The van der Waals surface area contributed by atoms with E-state index < -0.39 is 4.75 Å². The van der Waals surface area contributed by atoms with Crippen LogP contribution in [-0.4, -0.2) is 38.3 Å². The minimum atomic E-state index is -0.401. The Kier molecular flexibility index (Phi) is 5.23. The lowest BCUT2D eigenvalue weighted by molar-refractivity contribution is -0.137. The third-order valence-electron chi connectivity index (χ3n) is 5.06. The minimum absolute atomic E-state index is 0.0480. The van der Waals surface area contributed by atoms with Crippen molar-refractivity contribution in [3.8, 4) is 11.3 Å². The minimum Gasteiger partial charge on any atom is -0.340 e. The molecule has 2 heterocycles. The first-order chi connectivity index (χ1) is 11.9. The molecule has 1 amide bonds. The van der Waals surface area contributed by atoms with Crippen LogP contribution in [0.25, 0.3) is 11.3 Å². The molecule has 0 radical (unpaired) electrons. The smallest absolute Gasteiger partial charge is 0.238 e. The van der Waals surface area contributed by atoms with E-state index in [0.717, 1.165) is 42.9 Å². The number of aromatic nitrogens is 2. The Morgan fingerprint density at radius 3 is 2.68 bits per heavy atom. The summed E-state index contributed by atoms with van der Waals surface area (Å²) < 4.78 is -0.401. The van der Waals surface area contributed by atoms with Crippen molar-refractivity contribution >= 4 is 17.7 Å². The quantitative estimate of drug-likeness (QED) is 0.871. The first-order valence-corrected chi connectivity index (χ1v) is 10.1. The van der Waals surface area contributed by atoms with Crippen LogP contribution in [0.2, 0.25) is 0 Å². The zero-order valence-electron chi connectivity index (χ0n) is 15.5. The van der Waals surface area contributed by atoms with E-state index in [0.29, 0.717) is 0 Å². The van der Waals surface area contributed by atoms with E-state index in [2.05, 4.69) is 41.2 Å². The third kappa shape index (κ3) is 3.76. The highest BCUT2D eigenvalue weighted by Gasteiger charge is 2.37. The van der Waals surface area contributed by atoms with Crippen LogP contribution in [0.4, 0.5) is 0 Å². The van der Waals surface area contributed by atoms with Crippen LogP contribution >= 0.6 is 11.8 Å². The van der Waals surface area contributed by atoms with E-state index in [4.69, 9.17) is 0 Å². The van der Waals surface area contributed by atoms with Gasteiger partial charge in [-0.15, -0.1) is 11.8 Å². The fourth-order valence-electron chi connectivity index (χ4n) is 3.28. The molecule has 1 saturated heterocycles. The number of nitrogens with zero attached hydrogens (tertiary/aromatic N) is 2. The maximum Gasteiger partial charge on any atom is 0.238 e. The van der Waals surface area contributed by atoms with Gasteiger partial charge in [0.1, 0.15) is 5.82 Å². The lowest BCUT2D eigenvalue weighted by Gasteiger charge is -2.38. The van der Waals surface area contributed by atoms with Gasteiger partial charge in [-0.05, 0) is 51.9 Å². The Bertz CT molecular complexity index is 736. The number of piperidine rings is 1. The van der Waals surface area contributed by atoms with Gasteiger partial charge in [0.2, 0.25) is 5.91 Å². The summed E-state index contributed by atoms with van der Waals surface area (Å²) in [6.07, 6.45) is 7.06. The molecule has 5 heteroatoms. The lowest BCUT2D eigenvalue weighted by atomic mass is 9.99. The predicted octanol–water partition coefficient (Wildman–Crippen LogP) is 4.58. The molecule has 2 aromatic rings. The molecule has 1 unspecified atom stereocenters. The second-order valence-electron chi connectivity index (χ2n) is 7.27. The van der Waals surface area contributed by atoms with Gasteiger partial charge in [0.05, 0.1) is 22.7 Å². The van der Waals surface area contributed by atoms with Crippen molar-refractivity contribution in [3.63, 3.8) is 0 Å². The van der Waals surface area contributed by atoms with Crippen molar-refractivity contribution in [3.05, 3.63) is 41.9 Å². The van der Waals surface area contributed by atoms with Gasteiger partial charge in [-0.3, -0.25) is 4.79 Å². The molecule has 3 rings (SSSR count). The van der Waals surface area contributed by atoms with Gasteiger partial charge in [-0.2, -0.15) is 0 Å². The number of likely N-dealkylation sites (tertiary alicyclic amines) is 1. The Hall–Kier alpha value is -1.75. The van der Waals surface area contributed by atoms with Gasteiger partial charge < -0.3 is 9.88 Å². The highest BCUT2D eigenvalue weighted by atomic mass is 32.2. The number of carbonyl (C=O) groups is 1. The van der Waals surface area contributed by atoms with Crippen molar-refractivity contribution in [1.29, 1.82) is 0 Å². The van der Waals surface area contributed by atoms with Gasteiger partial charge in [0.15, 0.2) is 0 Å². The molecule has 1 atom stereocenters. The first-order valence-electron chi connectivity index (χ1n) is 8.90. The molecular weight excluding hydrogens is 330 g/mol. The molecular formula is C20H27N3OS. The molecule has 0 spiro atoms.